The van der Waals surface area contributed by atoms with Crippen LogP contribution in [0.2, 0.25) is 0 Å². The van der Waals surface area contributed by atoms with Crippen LogP contribution in [0.4, 0.5) is 0 Å². The highest BCUT2D eigenvalue weighted by Gasteiger charge is 2.27. The van der Waals surface area contributed by atoms with Crippen molar-refractivity contribution in [3.05, 3.63) is 35.9 Å². The number of aryl methyl sites for hydroxylation is 1. The number of ether oxygens (including phenoxy) is 1. The minimum atomic E-state index is -0.937. The van der Waals surface area contributed by atoms with E-state index in [1.807, 2.05) is 44.2 Å². The molecule has 23 heavy (non-hydrogen) atoms. The van der Waals surface area contributed by atoms with Crippen LogP contribution in [-0.4, -0.2) is 35.7 Å². The predicted molar refractivity (Wildman–Crippen MR) is 89.2 cm³/mol. The monoisotopic (exact) mass is 321 g/mol. The molecule has 2 atom stereocenters. The van der Waals surface area contributed by atoms with Gasteiger partial charge in [0.05, 0.1) is 6.61 Å². The van der Waals surface area contributed by atoms with Crippen LogP contribution in [0.5, 0.6) is 0 Å². The molecule has 128 valence electrons. The van der Waals surface area contributed by atoms with Gasteiger partial charge >= 0.3 is 11.9 Å². The van der Waals surface area contributed by atoms with Gasteiger partial charge in [-0.15, -0.1) is 0 Å². The summed E-state index contributed by atoms with van der Waals surface area (Å²) in [6, 6.07) is 8.45. The molecule has 0 aromatic heterocycles. The first-order valence-corrected chi connectivity index (χ1v) is 8.13. The van der Waals surface area contributed by atoms with Crippen LogP contribution in [0.1, 0.15) is 39.2 Å². The van der Waals surface area contributed by atoms with Gasteiger partial charge in [0, 0.05) is 0 Å². The van der Waals surface area contributed by atoms with Gasteiger partial charge in [-0.25, -0.2) is 0 Å². The van der Waals surface area contributed by atoms with Crippen molar-refractivity contribution >= 4 is 11.9 Å². The molecule has 1 aromatic rings. The number of aliphatic carboxylic acids is 1. The molecule has 0 saturated carbocycles. The lowest BCUT2D eigenvalue weighted by Crippen LogP contribution is -2.48. The summed E-state index contributed by atoms with van der Waals surface area (Å²) in [6.45, 7) is 5.95. The zero-order valence-electron chi connectivity index (χ0n) is 14.1. The molecule has 1 rings (SSSR count). The van der Waals surface area contributed by atoms with Crippen LogP contribution in [0.25, 0.3) is 0 Å². The molecular weight excluding hydrogens is 294 g/mol. The fourth-order valence-electron chi connectivity index (χ4n) is 2.42. The van der Waals surface area contributed by atoms with E-state index in [-0.39, 0.29) is 12.5 Å². The molecule has 0 fully saturated rings. The van der Waals surface area contributed by atoms with Crippen LogP contribution in [-0.2, 0) is 20.7 Å². The fourth-order valence-corrected chi connectivity index (χ4v) is 2.42. The summed E-state index contributed by atoms with van der Waals surface area (Å²) in [6.07, 6.45) is 1.66. The van der Waals surface area contributed by atoms with E-state index in [0.29, 0.717) is 19.3 Å². The predicted octanol–water partition coefficient (Wildman–Crippen LogP) is 2.64. The van der Waals surface area contributed by atoms with Crippen LogP contribution in [0, 0.1) is 5.92 Å². The molecule has 0 saturated heterocycles. The highest BCUT2D eigenvalue weighted by Crippen LogP contribution is 2.11. The number of esters is 1. The first-order valence-electron chi connectivity index (χ1n) is 8.13. The molecular formula is C18H27NO4. The number of rotatable bonds is 10. The molecule has 0 spiro atoms. The maximum absolute atomic E-state index is 12.1. The minimum absolute atomic E-state index is 0.223. The van der Waals surface area contributed by atoms with Gasteiger partial charge in [-0.05, 0) is 37.7 Å². The van der Waals surface area contributed by atoms with Crippen molar-refractivity contribution in [2.24, 2.45) is 5.92 Å². The lowest BCUT2D eigenvalue weighted by Gasteiger charge is -2.23. The molecule has 1 aromatic carbocycles. The highest BCUT2D eigenvalue weighted by molar-refractivity contribution is 5.78. The average molecular weight is 321 g/mol. The SMILES string of the molecule is CCOC(=O)[C@H](CCc1ccccc1)N[C@@H](CC(C)C)C(=O)O. The summed E-state index contributed by atoms with van der Waals surface area (Å²) >= 11 is 0. The van der Waals surface area contributed by atoms with Gasteiger partial charge in [-0.1, -0.05) is 44.2 Å². The second kappa shape index (κ2) is 10.0. The Morgan fingerprint density at radius 1 is 1.17 bits per heavy atom. The van der Waals surface area contributed by atoms with Crippen LogP contribution in [0.15, 0.2) is 30.3 Å². The quantitative estimate of drug-likeness (QED) is 0.648. The van der Waals surface area contributed by atoms with Gasteiger partial charge in [0.1, 0.15) is 12.1 Å². The van der Waals surface area contributed by atoms with Crippen molar-refractivity contribution in [1.82, 2.24) is 5.32 Å². The molecule has 2 N–H and O–H groups in total. The van der Waals surface area contributed by atoms with E-state index in [0.717, 1.165) is 5.56 Å². The Hall–Kier alpha value is -1.88. The Labute approximate surface area is 138 Å². The van der Waals surface area contributed by atoms with Crippen LogP contribution in [0.3, 0.4) is 0 Å². The first kappa shape index (κ1) is 19.2. The molecule has 0 unspecified atom stereocenters. The van der Waals surface area contributed by atoms with Gasteiger partial charge in [-0.3, -0.25) is 14.9 Å². The fraction of sp³-hybridized carbons (Fsp3) is 0.556. The van der Waals surface area contributed by atoms with E-state index < -0.39 is 24.0 Å². The molecule has 0 aliphatic rings. The Kier molecular flexibility index (Phi) is 8.33. The van der Waals surface area contributed by atoms with E-state index in [9.17, 15) is 14.7 Å². The number of carbonyl (C=O) groups is 2. The van der Waals surface area contributed by atoms with Crippen molar-refractivity contribution in [1.29, 1.82) is 0 Å². The standard InChI is InChI=1S/C18H27NO4/c1-4-23-18(22)15(11-10-14-8-6-5-7-9-14)19-16(17(20)21)12-13(2)3/h5-9,13,15-16,19H,4,10-12H2,1-3H3,(H,20,21)/t15-,16-/m0/s1. The molecule has 0 heterocycles. The summed E-state index contributed by atoms with van der Waals surface area (Å²) in [4.78, 5) is 23.5. The molecule has 5 nitrogen and oxygen atoms in total. The van der Waals surface area contributed by atoms with Crippen molar-refractivity contribution in [3.63, 3.8) is 0 Å². The largest absolute Gasteiger partial charge is 0.480 e. The zero-order chi connectivity index (χ0) is 17.2. The maximum atomic E-state index is 12.1. The molecule has 0 bridgehead atoms. The average Bonchev–Trinajstić information content (AvgIpc) is 2.50. The number of hydrogen-bond acceptors (Lipinski definition) is 4. The Morgan fingerprint density at radius 2 is 1.83 bits per heavy atom. The Bertz CT molecular complexity index is 487. The summed E-state index contributed by atoms with van der Waals surface area (Å²) in [5.74, 6) is -1.10. The first-order chi connectivity index (χ1) is 10.9. The van der Waals surface area contributed by atoms with E-state index in [1.54, 1.807) is 6.92 Å². The smallest absolute Gasteiger partial charge is 0.323 e. The summed E-state index contributed by atoms with van der Waals surface area (Å²) in [5, 5.41) is 12.3. The number of nitrogens with one attached hydrogen (secondary N) is 1. The lowest BCUT2D eigenvalue weighted by molar-refractivity contribution is -0.147. The minimum Gasteiger partial charge on any atom is -0.480 e. The van der Waals surface area contributed by atoms with Crippen LogP contribution >= 0.6 is 0 Å². The normalized spacial score (nSPS) is 13.6. The summed E-state index contributed by atoms with van der Waals surface area (Å²) < 4.78 is 5.08. The molecule has 5 heteroatoms. The topological polar surface area (TPSA) is 75.6 Å². The Balaban J connectivity index is 2.74. The van der Waals surface area contributed by atoms with Gasteiger partial charge in [0.2, 0.25) is 0 Å². The molecule has 0 radical (unpaired) electrons. The number of carbonyl (C=O) groups excluding carboxylic acids is 1. The van der Waals surface area contributed by atoms with Crippen molar-refractivity contribution in [3.8, 4) is 0 Å². The highest BCUT2D eigenvalue weighted by atomic mass is 16.5. The van der Waals surface area contributed by atoms with Gasteiger partial charge < -0.3 is 9.84 Å². The summed E-state index contributed by atoms with van der Waals surface area (Å²) in [5.41, 5.74) is 1.11. The van der Waals surface area contributed by atoms with E-state index in [2.05, 4.69) is 5.32 Å². The third-order valence-corrected chi connectivity index (χ3v) is 3.54. The molecule has 0 aliphatic heterocycles. The third-order valence-electron chi connectivity index (χ3n) is 3.54. The molecule has 0 amide bonds. The van der Waals surface area contributed by atoms with Gasteiger partial charge in [0.25, 0.3) is 0 Å². The number of benzene rings is 1. The van der Waals surface area contributed by atoms with E-state index >= 15 is 0 Å². The number of hydrogen-bond donors (Lipinski definition) is 2. The third kappa shape index (κ3) is 7.28. The van der Waals surface area contributed by atoms with Crippen molar-refractivity contribution in [2.75, 3.05) is 6.61 Å². The maximum Gasteiger partial charge on any atom is 0.323 e. The van der Waals surface area contributed by atoms with Gasteiger partial charge in [-0.2, -0.15) is 0 Å². The van der Waals surface area contributed by atoms with Crippen molar-refractivity contribution < 1.29 is 19.4 Å². The summed E-state index contributed by atoms with van der Waals surface area (Å²) in [7, 11) is 0. The Morgan fingerprint density at radius 3 is 2.35 bits per heavy atom. The number of carboxylic acids is 1. The van der Waals surface area contributed by atoms with Gasteiger partial charge in [0.15, 0.2) is 0 Å². The second-order valence-electron chi connectivity index (χ2n) is 6.02. The zero-order valence-corrected chi connectivity index (χ0v) is 14.1. The van der Waals surface area contributed by atoms with Crippen LogP contribution < -0.4 is 5.32 Å². The second-order valence-corrected chi connectivity index (χ2v) is 6.02. The van der Waals surface area contributed by atoms with E-state index in [1.165, 1.54) is 0 Å². The number of carboxylic acid groups (broad SMARTS) is 1. The van der Waals surface area contributed by atoms with E-state index in [4.69, 9.17) is 4.74 Å². The lowest BCUT2D eigenvalue weighted by atomic mass is 10.0. The molecule has 0 aliphatic carbocycles. The van der Waals surface area contributed by atoms with Crippen molar-refractivity contribution in [2.45, 2.75) is 52.1 Å².